The number of aliphatic carboxylic acids is 1. The summed E-state index contributed by atoms with van der Waals surface area (Å²) in [5.41, 5.74) is 2.47. The van der Waals surface area contributed by atoms with E-state index >= 15 is 0 Å². The average molecular weight is 514 g/mol. The number of hydrogen-bond donors (Lipinski definition) is 2. The van der Waals surface area contributed by atoms with Crippen molar-refractivity contribution >= 4 is 16.9 Å². The molecule has 38 heavy (non-hydrogen) atoms. The van der Waals surface area contributed by atoms with Gasteiger partial charge in [0.25, 0.3) is 5.56 Å². The summed E-state index contributed by atoms with van der Waals surface area (Å²) in [6, 6.07) is 21.4. The summed E-state index contributed by atoms with van der Waals surface area (Å²) in [7, 11) is 0. The summed E-state index contributed by atoms with van der Waals surface area (Å²) in [5, 5.41) is 24.1. The largest absolute Gasteiger partial charge is 0.481 e. The number of benzene rings is 3. The van der Waals surface area contributed by atoms with Crippen molar-refractivity contribution in [1.29, 1.82) is 0 Å². The third-order valence-corrected chi connectivity index (χ3v) is 6.27. The van der Waals surface area contributed by atoms with Crippen LogP contribution in [0.25, 0.3) is 27.8 Å². The minimum Gasteiger partial charge on any atom is -0.481 e. The Hall–Kier alpha value is -4.63. The molecule has 2 heterocycles. The van der Waals surface area contributed by atoms with Crippen LogP contribution >= 0.6 is 0 Å². The van der Waals surface area contributed by atoms with E-state index in [1.165, 1.54) is 24.3 Å². The van der Waals surface area contributed by atoms with Crippen molar-refractivity contribution in [3.05, 3.63) is 112 Å². The number of nitrogens with zero attached hydrogens (tertiary/aromatic N) is 3. The molecular formula is C29H24FN3O5. The number of aryl methyl sites for hydroxylation is 1. The van der Waals surface area contributed by atoms with E-state index < -0.39 is 17.9 Å². The second kappa shape index (κ2) is 10.8. The van der Waals surface area contributed by atoms with Crippen LogP contribution in [0.1, 0.15) is 42.5 Å². The highest BCUT2D eigenvalue weighted by atomic mass is 19.1. The summed E-state index contributed by atoms with van der Waals surface area (Å²) in [5.74, 6) is -0.546. The molecule has 9 heteroatoms. The van der Waals surface area contributed by atoms with Gasteiger partial charge in [-0.2, -0.15) is 0 Å². The van der Waals surface area contributed by atoms with Crippen LogP contribution in [0, 0.1) is 5.82 Å². The SMILES string of the molecule is O=C(O)CCCCc1nc2cc(-c3cc([C@@H](O)c4ccc(F)cc4)on3)ccc2c(=O)n1-c1ccccc1. The number of hydrogen-bond acceptors (Lipinski definition) is 6. The minimum absolute atomic E-state index is 0.0472. The van der Waals surface area contributed by atoms with Gasteiger partial charge in [0, 0.05) is 24.5 Å². The Morgan fingerprint density at radius 2 is 1.76 bits per heavy atom. The number of rotatable bonds is 9. The van der Waals surface area contributed by atoms with Gasteiger partial charge in [-0.1, -0.05) is 41.6 Å². The first kappa shape index (κ1) is 25.0. The number of carboxylic acids is 1. The number of carbonyl (C=O) groups is 1. The van der Waals surface area contributed by atoms with E-state index in [4.69, 9.17) is 14.6 Å². The lowest BCUT2D eigenvalue weighted by atomic mass is 10.0. The molecule has 5 rings (SSSR count). The third kappa shape index (κ3) is 5.23. The van der Waals surface area contributed by atoms with Crippen molar-refractivity contribution in [1.82, 2.24) is 14.7 Å². The van der Waals surface area contributed by atoms with E-state index in [1.807, 2.05) is 30.3 Å². The van der Waals surface area contributed by atoms with Crippen LogP contribution in [0.2, 0.25) is 0 Å². The molecule has 0 radical (unpaired) electrons. The molecule has 0 amide bonds. The Kier molecular flexibility index (Phi) is 7.10. The van der Waals surface area contributed by atoms with Crippen LogP contribution in [0.5, 0.6) is 0 Å². The molecule has 0 fully saturated rings. The standard InChI is InChI=1S/C29H24FN3O5/c30-20-13-10-18(11-14-20)28(36)25-17-23(32-38-25)19-12-15-22-24(16-19)31-26(8-4-5-9-27(34)35)33(29(22)37)21-6-2-1-3-7-21/h1-3,6-7,10-17,28,36H,4-5,8-9H2,(H,34,35)/t28-/m0/s1. The summed E-state index contributed by atoms with van der Waals surface area (Å²) in [6.07, 6.45) is 0.382. The lowest BCUT2D eigenvalue weighted by molar-refractivity contribution is -0.137. The van der Waals surface area contributed by atoms with Gasteiger partial charge in [0.05, 0.1) is 16.6 Å². The van der Waals surface area contributed by atoms with E-state index in [9.17, 15) is 19.1 Å². The molecule has 2 N–H and O–H groups in total. The van der Waals surface area contributed by atoms with E-state index in [2.05, 4.69) is 5.16 Å². The first-order chi connectivity index (χ1) is 18.4. The summed E-state index contributed by atoms with van der Waals surface area (Å²) in [6.45, 7) is 0. The third-order valence-electron chi connectivity index (χ3n) is 6.27. The van der Waals surface area contributed by atoms with Crippen molar-refractivity contribution < 1.29 is 23.9 Å². The van der Waals surface area contributed by atoms with Gasteiger partial charge in [0.2, 0.25) is 0 Å². The quantitative estimate of drug-likeness (QED) is 0.265. The Morgan fingerprint density at radius 3 is 2.50 bits per heavy atom. The van der Waals surface area contributed by atoms with Gasteiger partial charge in [-0.15, -0.1) is 0 Å². The number of fused-ring (bicyclic) bond motifs is 1. The fraction of sp³-hybridized carbons (Fsp3) is 0.172. The molecular weight excluding hydrogens is 489 g/mol. The molecule has 8 nitrogen and oxygen atoms in total. The van der Waals surface area contributed by atoms with Crippen LogP contribution in [-0.4, -0.2) is 30.9 Å². The highest BCUT2D eigenvalue weighted by Gasteiger charge is 2.19. The first-order valence-corrected chi connectivity index (χ1v) is 12.1. The van der Waals surface area contributed by atoms with Gasteiger partial charge >= 0.3 is 5.97 Å². The maximum Gasteiger partial charge on any atom is 0.303 e. The molecule has 2 aromatic heterocycles. The van der Waals surface area contributed by atoms with Gasteiger partial charge in [-0.05, 0) is 54.8 Å². The molecule has 0 saturated heterocycles. The molecule has 3 aromatic carbocycles. The molecule has 0 unspecified atom stereocenters. The number of unbranched alkanes of at least 4 members (excludes halogenated alkanes) is 1. The van der Waals surface area contributed by atoms with Crippen LogP contribution in [0.15, 0.2) is 88.2 Å². The minimum atomic E-state index is -1.12. The van der Waals surface area contributed by atoms with E-state index in [1.54, 1.807) is 28.8 Å². The Balaban J connectivity index is 1.51. The van der Waals surface area contributed by atoms with Crippen molar-refractivity contribution in [2.24, 2.45) is 0 Å². The zero-order valence-electron chi connectivity index (χ0n) is 20.3. The van der Waals surface area contributed by atoms with Crippen LogP contribution in [0.3, 0.4) is 0 Å². The van der Waals surface area contributed by atoms with Gasteiger partial charge in [0.1, 0.15) is 23.4 Å². The maximum atomic E-state index is 13.5. The highest BCUT2D eigenvalue weighted by Crippen LogP contribution is 2.28. The molecule has 0 aliphatic rings. The number of aliphatic hydroxyl groups is 1. The molecule has 0 saturated carbocycles. The van der Waals surface area contributed by atoms with Crippen LogP contribution in [-0.2, 0) is 11.2 Å². The predicted molar refractivity (Wildman–Crippen MR) is 138 cm³/mol. The molecule has 5 aromatic rings. The van der Waals surface area contributed by atoms with E-state index in [0.29, 0.717) is 58.5 Å². The zero-order chi connectivity index (χ0) is 26.6. The van der Waals surface area contributed by atoms with Crippen LogP contribution < -0.4 is 5.56 Å². The monoisotopic (exact) mass is 513 g/mol. The average Bonchev–Trinajstić information content (AvgIpc) is 3.42. The fourth-order valence-electron chi connectivity index (χ4n) is 4.32. The van der Waals surface area contributed by atoms with Crippen LogP contribution in [0.4, 0.5) is 4.39 Å². The summed E-state index contributed by atoms with van der Waals surface area (Å²) in [4.78, 5) is 29.3. The van der Waals surface area contributed by atoms with Crippen molar-refractivity contribution in [2.75, 3.05) is 0 Å². The lowest BCUT2D eigenvalue weighted by Crippen LogP contribution is -2.24. The topological polar surface area (TPSA) is 118 Å². The summed E-state index contributed by atoms with van der Waals surface area (Å²) < 4.78 is 20.2. The Labute approximate surface area is 216 Å². The van der Waals surface area contributed by atoms with Crippen molar-refractivity contribution in [2.45, 2.75) is 31.8 Å². The molecule has 0 aliphatic heterocycles. The molecule has 0 aliphatic carbocycles. The van der Waals surface area contributed by atoms with E-state index in [0.717, 1.165) is 0 Å². The normalized spacial score (nSPS) is 12.1. The van der Waals surface area contributed by atoms with Crippen molar-refractivity contribution in [3.63, 3.8) is 0 Å². The van der Waals surface area contributed by atoms with Gasteiger partial charge in [-0.3, -0.25) is 14.2 Å². The smallest absolute Gasteiger partial charge is 0.303 e. The molecule has 1 atom stereocenters. The number of para-hydroxylation sites is 1. The van der Waals surface area contributed by atoms with Gasteiger partial charge < -0.3 is 14.7 Å². The molecule has 192 valence electrons. The Morgan fingerprint density at radius 1 is 1.00 bits per heavy atom. The maximum absolute atomic E-state index is 13.5. The van der Waals surface area contributed by atoms with Gasteiger partial charge in [-0.25, -0.2) is 9.37 Å². The number of aliphatic hydroxyl groups excluding tert-OH is 1. The molecule has 0 spiro atoms. The number of aromatic nitrogens is 3. The second-order valence-electron chi connectivity index (χ2n) is 8.91. The lowest BCUT2D eigenvalue weighted by Gasteiger charge is -2.14. The predicted octanol–water partition coefficient (Wildman–Crippen LogP) is 5.06. The van der Waals surface area contributed by atoms with E-state index in [-0.39, 0.29) is 17.7 Å². The van der Waals surface area contributed by atoms with Gasteiger partial charge in [0.15, 0.2) is 5.76 Å². The second-order valence-corrected chi connectivity index (χ2v) is 8.91. The number of carboxylic acid groups (broad SMARTS) is 1. The zero-order valence-corrected chi connectivity index (χ0v) is 20.3. The first-order valence-electron chi connectivity index (χ1n) is 12.1. The summed E-state index contributed by atoms with van der Waals surface area (Å²) >= 11 is 0. The highest BCUT2D eigenvalue weighted by molar-refractivity contribution is 5.83. The van der Waals surface area contributed by atoms with Crippen molar-refractivity contribution in [3.8, 4) is 16.9 Å². The fourth-order valence-corrected chi connectivity index (χ4v) is 4.32. The molecule has 0 bridgehead atoms. The Bertz CT molecular complexity index is 1650. The number of halogens is 1.